The Hall–Kier alpha value is -0.370. The average molecular weight is 197 g/mol. The summed E-state index contributed by atoms with van der Waals surface area (Å²) in [5, 5.41) is 0. The fraction of sp³-hybridized carbons (Fsp3) is 0.917. The van der Waals surface area contributed by atoms with Crippen LogP contribution < -0.4 is 5.73 Å². The van der Waals surface area contributed by atoms with Gasteiger partial charge in [-0.25, -0.2) is 0 Å². The van der Waals surface area contributed by atoms with Gasteiger partial charge in [0.05, 0.1) is 0 Å². The molecule has 1 saturated carbocycles. The maximum atomic E-state index is 11.8. The summed E-state index contributed by atoms with van der Waals surface area (Å²) < 4.78 is 0. The second-order valence-corrected chi connectivity index (χ2v) is 5.29. The molecule has 0 aromatic rings. The third-order valence-electron chi connectivity index (χ3n) is 3.08. The first-order valence-electron chi connectivity index (χ1n) is 5.81. The Labute approximate surface area is 87.2 Å². The van der Waals surface area contributed by atoms with Crippen molar-refractivity contribution in [3.8, 4) is 0 Å². The molecular weight excluding hydrogens is 174 g/mol. The number of nitrogens with two attached hydrogens (primary N) is 1. The monoisotopic (exact) mass is 197 g/mol. The molecule has 1 rings (SSSR count). The minimum absolute atomic E-state index is 0.190. The van der Waals surface area contributed by atoms with Crippen molar-refractivity contribution >= 4 is 5.78 Å². The van der Waals surface area contributed by atoms with Crippen molar-refractivity contribution in [2.45, 2.75) is 64.3 Å². The van der Waals surface area contributed by atoms with Gasteiger partial charge in [-0.2, -0.15) is 0 Å². The Morgan fingerprint density at radius 1 is 1.29 bits per heavy atom. The minimum atomic E-state index is -0.190. The van der Waals surface area contributed by atoms with E-state index in [1.54, 1.807) is 0 Å². The standard InChI is InChI=1S/C12H23NO/c1-12(2,13)9-8-11(14)10-6-4-3-5-7-10/h10H,3-9,13H2,1-2H3. The molecule has 82 valence electrons. The van der Waals surface area contributed by atoms with Gasteiger partial charge in [-0.05, 0) is 33.1 Å². The van der Waals surface area contributed by atoms with E-state index in [0.717, 1.165) is 19.3 Å². The number of rotatable bonds is 4. The summed E-state index contributed by atoms with van der Waals surface area (Å²) in [4.78, 5) is 11.8. The van der Waals surface area contributed by atoms with Crippen molar-refractivity contribution in [2.24, 2.45) is 11.7 Å². The normalized spacial score (nSPS) is 19.6. The molecule has 1 fully saturated rings. The highest BCUT2D eigenvalue weighted by atomic mass is 16.1. The summed E-state index contributed by atoms with van der Waals surface area (Å²) in [5.41, 5.74) is 5.67. The van der Waals surface area contributed by atoms with E-state index < -0.39 is 0 Å². The van der Waals surface area contributed by atoms with E-state index in [9.17, 15) is 4.79 Å². The van der Waals surface area contributed by atoms with Crippen LogP contribution in [0.25, 0.3) is 0 Å². The Balaban J connectivity index is 2.27. The van der Waals surface area contributed by atoms with Gasteiger partial charge in [0, 0.05) is 17.9 Å². The van der Waals surface area contributed by atoms with E-state index in [1.165, 1.54) is 19.3 Å². The Bertz CT molecular complexity index is 187. The molecule has 14 heavy (non-hydrogen) atoms. The summed E-state index contributed by atoms with van der Waals surface area (Å²) in [6, 6.07) is 0. The van der Waals surface area contributed by atoms with Crippen LogP contribution in [0.3, 0.4) is 0 Å². The van der Waals surface area contributed by atoms with Crippen molar-refractivity contribution in [1.82, 2.24) is 0 Å². The second kappa shape index (κ2) is 4.92. The highest BCUT2D eigenvalue weighted by Crippen LogP contribution is 2.26. The first-order chi connectivity index (χ1) is 6.49. The van der Waals surface area contributed by atoms with E-state index in [1.807, 2.05) is 13.8 Å². The molecule has 0 aromatic carbocycles. The van der Waals surface area contributed by atoms with Gasteiger partial charge in [0.25, 0.3) is 0 Å². The quantitative estimate of drug-likeness (QED) is 0.753. The van der Waals surface area contributed by atoms with Crippen molar-refractivity contribution in [2.75, 3.05) is 0 Å². The molecule has 0 spiro atoms. The van der Waals surface area contributed by atoms with Crippen LogP contribution in [0.1, 0.15) is 58.8 Å². The lowest BCUT2D eigenvalue weighted by atomic mass is 9.83. The topological polar surface area (TPSA) is 43.1 Å². The van der Waals surface area contributed by atoms with Crippen LogP contribution in [0, 0.1) is 5.92 Å². The van der Waals surface area contributed by atoms with E-state index in [-0.39, 0.29) is 5.54 Å². The lowest BCUT2D eigenvalue weighted by Crippen LogP contribution is -2.33. The summed E-state index contributed by atoms with van der Waals surface area (Å²) >= 11 is 0. The lowest BCUT2D eigenvalue weighted by Gasteiger charge is -2.23. The molecule has 2 nitrogen and oxygen atoms in total. The number of carbonyl (C=O) groups is 1. The van der Waals surface area contributed by atoms with Crippen molar-refractivity contribution in [3.05, 3.63) is 0 Å². The summed E-state index contributed by atoms with van der Waals surface area (Å²) in [6.07, 6.45) is 7.52. The van der Waals surface area contributed by atoms with Crippen LogP contribution in [0.4, 0.5) is 0 Å². The molecule has 0 unspecified atom stereocenters. The van der Waals surface area contributed by atoms with Crippen LogP contribution in [0.5, 0.6) is 0 Å². The molecule has 0 aliphatic heterocycles. The SMILES string of the molecule is CC(C)(N)CCC(=O)C1CCCCC1. The van der Waals surface area contributed by atoms with Gasteiger partial charge in [-0.3, -0.25) is 4.79 Å². The van der Waals surface area contributed by atoms with Crippen molar-refractivity contribution < 1.29 is 4.79 Å². The first kappa shape index (κ1) is 11.7. The predicted octanol–water partition coefficient (Wildman–Crippen LogP) is 2.65. The smallest absolute Gasteiger partial charge is 0.136 e. The fourth-order valence-corrected chi connectivity index (χ4v) is 2.07. The van der Waals surface area contributed by atoms with E-state index in [2.05, 4.69) is 0 Å². The zero-order valence-electron chi connectivity index (χ0n) is 9.51. The maximum absolute atomic E-state index is 11.8. The molecule has 0 heterocycles. The molecular formula is C12H23NO. The third-order valence-corrected chi connectivity index (χ3v) is 3.08. The molecule has 0 saturated heterocycles. The Morgan fingerprint density at radius 2 is 1.86 bits per heavy atom. The number of Topliss-reactive ketones (excluding diaryl/α,β-unsaturated/α-hetero) is 1. The zero-order valence-corrected chi connectivity index (χ0v) is 9.51. The highest BCUT2D eigenvalue weighted by molar-refractivity contribution is 5.81. The van der Waals surface area contributed by atoms with Crippen LogP contribution in [-0.4, -0.2) is 11.3 Å². The van der Waals surface area contributed by atoms with E-state index in [0.29, 0.717) is 18.1 Å². The molecule has 2 N–H and O–H groups in total. The average Bonchev–Trinajstić information content (AvgIpc) is 2.14. The van der Waals surface area contributed by atoms with Gasteiger partial charge in [-0.1, -0.05) is 19.3 Å². The number of ketones is 1. The first-order valence-corrected chi connectivity index (χ1v) is 5.81. The van der Waals surface area contributed by atoms with Crippen LogP contribution in [0.15, 0.2) is 0 Å². The molecule has 0 amide bonds. The van der Waals surface area contributed by atoms with Gasteiger partial charge in [0.2, 0.25) is 0 Å². The van der Waals surface area contributed by atoms with Gasteiger partial charge in [-0.15, -0.1) is 0 Å². The van der Waals surface area contributed by atoms with Crippen LogP contribution in [0.2, 0.25) is 0 Å². The number of hydrogen-bond donors (Lipinski definition) is 1. The Kier molecular flexibility index (Phi) is 4.11. The predicted molar refractivity (Wildman–Crippen MR) is 59.1 cm³/mol. The van der Waals surface area contributed by atoms with Crippen molar-refractivity contribution in [1.29, 1.82) is 0 Å². The lowest BCUT2D eigenvalue weighted by molar-refractivity contribution is -0.124. The zero-order chi connectivity index (χ0) is 10.6. The second-order valence-electron chi connectivity index (χ2n) is 5.29. The minimum Gasteiger partial charge on any atom is -0.326 e. The van der Waals surface area contributed by atoms with Gasteiger partial charge < -0.3 is 5.73 Å². The van der Waals surface area contributed by atoms with Crippen molar-refractivity contribution in [3.63, 3.8) is 0 Å². The molecule has 0 bridgehead atoms. The largest absolute Gasteiger partial charge is 0.326 e. The molecule has 0 aromatic heterocycles. The molecule has 0 atom stereocenters. The highest BCUT2D eigenvalue weighted by Gasteiger charge is 2.22. The summed E-state index contributed by atoms with van der Waals surface area (Å²) in [7, 11) is 0. The summed E-state index contributed by atoms with van der Waals surface area (Å²) in [5.74, 6) is 0.800. The third kappa shape index (κ3) is 4.23. The molecule has 2 heteroatoms. The molecule has 0 radical (unpaired) electrons. The van der Waals surface area contributed by atoms with Crippen LogP contribution in [-0.2, 0) is 4.79 Å². The fourth-order valence-electron chi connectivity index (χ4n) is 2.07. The van der Waals surface area contributed by atoms with Gasteiger partial charge in [0.1, 0.15) is 5.78 Å². The van der Waals surface area contributed by atoms with E-state index >= 15 is 0 Å². The van der Waals surface area contributed by atoms with Gasteiger partial charge in [0.15, 0.2) is 0 Å². The maximum Gasteiger partial charge on any atom is 0.136 e. The number of carbonyl (C=O) groups excluding carboxylic acids is 1. The van der Waals surface area contributed by atoms with Gasteiger partial charge >= 0.3 is 0 Å². The molecule has 1 aliphatic carbocycles. The summed E-state index contributed by atoms with van der Waals surface area (Å²) in [6.45, 7) is 3.97. The van der Waals surface area contributed by atoms with E-state index in [4.69, 9.17) is 5.73 Å². The Morgan fingerprint density at radius 3 is 2.36 bits per heavy atom. The molecule has 1 aliphatic rings. The number of hydrogen-bond acceptors (Lipinski definition) is 2. The van der Waals surface area contributed by atoms with Crippen LogP contribution >= 0.6 is 0 Å².